The molecule has 0 aliphatic carbocycles. The molecule has 1 fully saturated rings. The summed E-state index contributed by atoms with van der Waals surface area (Å²) in [5.41, 5.74) is 0.678. The zero-order valence-electron chi connectivity index (χ0n) is 17.8. The minimum absolute atomic E-state index is 0.00942. The maximum absolute atomic E-state index is 12.3. The van der Waals surface area contributed by atoms with Crippen LogP contribution in [0, 0.1) is 5.92 Å². The van der Waals surface area contributed by atoms with Gasteiger partial charge in [0.15, 0.2) is 11.5 Å². The number of nitrogens with zero attached hydrogens (tertiary/aromatic N) is 3. The molecule has 11 nitrogen and oxygen atoms in total. The highest BCUT2D eigenvalue weighted by molar-refractivity contribution is 7.89. The smallest absolute Gasteiger partial charge is 0.290 e. The Hall–Kier alpha value is -2.83. The standard InChI is InChI=1S/C18H25N3O6S.CH2O2/c1-20(2)28(23,24)11-13-9-27-10-14(13)21-6-5-19-18(21)12-7-15(25-3)17(22)16(8-12)26-4;2-1-3/h5-8,13-14,22H,9-11H2,1-4H3;1H,(H,2,3)/t13-,14-;/m1./s1. The average molecular weight is 458 g/mol. The number of aromatic hydroxyl groups is 1. The normalized spacial score (nSPS) is 18.4. The highest BCUT2D eigenvalue weighted by atomic mass is 32.2. The molecule has 2 heterocycles. The van der Waals surface area contributed by atoms with Gasteiger partial charge in [-0.05, 0) is 12.1 Å². The maximum atomic E-state index is 12.3. The molecule has 1 aromatic heterocycles. The Labute approximate surface area is 180 Å². The number of methoxy groups -OCH3 is 2. The molecule has 0 unspecified atom stereocenters. The molecule has 1 aromatic carbocycles. The molecular weight excluding hydrogens is 430 g/mol. The molecule has 2 atom stereocenters. The van der Waals surface area contributed by atoms with Crippen LogP contribution in [0.5, 0.6) is 17.2 Å². The van der Waals surface area contributed by atoms with Crippen molar-refractivity contribution in [2.45, 2.75) is 6.04 Å². The van der Waals surface area contributed by atoms with Crippen molar-refractivity contribution in [1.29, 1.82) is 0 Å². The molecule has 1 saturated heterocycles. The Balaban J connectivity index is 0.00000107. The Morgan fingerprint density at radius 1 is 1.26 bits per heavy atom. The third kappa shape index (κ3) is 5.46. The summed E-state index contributed by atoms with van der Waals surface area (Å²) >= 11 is 0. The van der Waals surface area contributed by atoms with E-state index >= 15 is 0 Å². The Bertz CT molecular complexity index is 965. The molecule has 2 N–H and O–H groups in total. The largest absolute Gasteiger partial charge is 0.502 e. The van der Waals surface area contributed by atoms with Crippen LogP contribution in [0.15, 0.2) is 24.5 Å². The molecule has 12 heteroatoms. The summed E-state index contributed by atoms with van der Waals surface area (Å²) in [5, 5.41) is 17.0. The fourth-order valence-corrected chi connectivity index (χ4v) is 4.46. The number of benzene rings is 1. The topological polar surface area (TPSA) is 140 Å². The quantitative estimate of drug-likeness (QED) is 0.584. The van der Waals surface area contributed by atoms with E-state index in [1.807, 2.05) is 4.57 Å². The van der Waals surface area contributed by atoms with Crippen molar-refractivity contribution in [3.63, 3.8) is 0 Å². The third-order valence-corrected chi connectivity index (χ3v) is 6.87. The molecule has 0 saturated carbocycles. The molecule has 0 spiro atoms. The van der Waals surface area contributed by atoms with E-state index in [9.17, 15) is 13.5 Å². The zero-order chi connectivity index (χ0) is 23.2. The van der Waals surface area contributed by atoms with Crippen molar-refractivity contribution in [1.82, 2.24) is 13.9 Å². The molecule has 1 aliphatic heterocycles. The van der Waals surface area contributed by atoms with Crippen LogP contribution in [0.1, 0.15) is 6.04 Å². The van der Waals surface area contributed by atoms with E-state index in [0.29, 0.717) is 24.6 Å². The van der Waals surface area contributed by atoms with Crippen molar-refractivity contribution >= 4 is 16.5 Å². The minimum atomic E-state index is -3.36. The van der Waals surface area contributed by atoms with Gasteiger partial charge in [-0.15, -0.1) is 0 Å². The Morgan fingerprint density at radius 2 is 1.84 bits per heavy atom. The molecular formula is C19H27N3O8S. The summed E-state index contributed by atoms with van der Waals surface area (Å²) in [6, 6.07) is 3.15. The van der Waals surface area contributed by atoms with E-state index in [1.54, 1.807) is 24.5 Å². The highest BCUT2D eigenvalue weighted by Gasteiger charge is 2.35. The number of carbonyl (C=O) groups is 1. The van der Waals surface area contributed by atoms with Crippen LogP contribution in [0.4, 0.5) is 0 Å². The lowest BCUT2D eigenvalue weighted by Crippen LogP contribution is -2.32. The fourth-order valence-electron chi connectivity index (χ4n) is 3.30. The monoisotopic (exact) mass is 457 g/mol. The molecule has 0 bridgehead atoms. The molecule has 3 rings (SSSR count). The second kappa shape index (κ2) is 10.5. The van der Waals surface area contributed by atoms with Gasteiger partial charge in [-0.2, -0.15) is 0 Å². The van der Waals surface area contributed by atoms with Crippen LogP contribution < -0.4 is 9.47 Å². The molecule has 0 radical (unpaired) electrons. The number of rotatable bonds is 7. The van der Waals surface area contributed by atoms with Crippen LogP contribution >= 0.6 is 0 Å². The summed E-state index contributed by atoms with van der Waals surface area (Å²) in [4.78, 5) is 12.8. The number of hydrogen-bond donors (Lipinski definition) is 2. The van der Waals surface area contributed by atoms with Gasteiger partial charge in [0.1, 0.15) is 5.82 Å². The third-order valence-electron chi connectivity index (χ3n) is 4.91. The Morgan fingerprint density at radius 3 is 2.35 bits per heavy atom. The number of phenolic OH excluding ortho intramolecular Hbond substituents is 1. The number of hydrogen-bond acceptors (Lipinski definition) is 8. The van der Waals surface area contributed by atoms with E-state index in [-0.39, 0.29) is 41.4 Å². The molecule has 1 aliphatic rings. The molecule has 2 aromatic rings. The number of aromatic nitrogens is 2. The molecule has 0 amide bonds. The van der Waals surface area contributed by atoms with Gasteiger partial charge in [0.25, 0.3) is 6.47 Å². The summed E-state index contributed by atoms with van der Waals surface area (Å²) < 4.78 is 43.9. The number of ether oxygens (including phenoxy) is 3. The van der Waals surface area contributed by atoms with E-state index in [0.717, 1.165) is 0 Å². The predicted molar refractivity (Wildman–Crippen MR) is 112 cm³/mol. The lowest BCUT2D eigenvalue weighted by atomic mass is 10.1. The first-order valence-electron chi connectivity index (χ1n) is 9.24. The summed E-state index contributed by atoms with van der Waals surface area (Å²) in [7, 11) is 2.60. The van der Waals surface area contributed by atoms with Crippen LogP contribution in [0.3, 0.4) is 0 Å². The SMILES string of the molecule is COc1cc(-c2nccn2[C@@H]2COC[C@@H]2CS(=O)(=O)N(C)C)cc(OC)c1O.O=CO. The second-order valence-corrected chi connectivity index (χ2v) is 9.15. The first-order valence-corrected chi connectivity index (χ1v) is 10.8. The summed E-state index contributed by atoms with van der Waals surface area (Å²) in [6.07, 6.45) is 3.45. The number of phenols is 1. The van der Waals surface area contributed by atoms with Crippen molar-refractivity contribution in [3.8, 4) is 28.6 Å². The van der Waals surface area contributed by atoms with Gasteiger partial charge in [-0.1, -0.05) is 0 Å². The van der Waals surface area contributed by atoms with E-state index < -0.39 is 10.0 Å². The van der Waals surface area contributed by atoms with Crippen molar-refractivity contribution in [2.24, 2.45) is 5.92 Å². The number of sulfonamides is 1. The van der Waals surface area contributed by atoms with Crippen molar-refractivity contribution in [2.75, 3.05) is 47.3 Å². The first-order chi connectivity index (χ1) is 14.7. The van der Waals surface area contributed by atoms with Gasteiger partial charge in [0, 0.05) is 38.0 Å². The Kier molecular flexibility index (Phi) is 8.25. The lowest BCUT2D eigenvalue weighted by molar-refractivity contribution is -0.122. The minimum Gasteiger partial charge on any atom is -0.502 e. The summed E-state index contributed by atoms with van der Waals surface area (Å²) in [6.45, 7) is 0.501. The fraction of sp³-hybridized carbons (Fsp3) is 0.474. The van der Waals surface area contributed by atoms with E-state index in [1.165, 1.54) is 32.6 Å². The van der Waals surface area contributed by atoms with Gasteiger partial charge in [0.05, 0.1) is 39.2 Å². The molecule has 31 heavy (non-hydrogen) atoms. The number of imidazole rings is 1. The molecule has 172 valence electrons. The number of carboxylic acid groups (broad SMARTS) is 1. The van der Waals surface area contributed by atoms with Gasteiger partial charge in [-0.25, -0.2) is 17.7 Å². The van der Waals surface area contributed by atoms with Crippen LogP contribution in [-0.2, 0) is 19.6 Å². The van der Waals surface area contributed by atoms with Crippen molar-refractivity contribution in [3.05, 3.63) is 24.5 Å². The highest BCUT2D eigenvalue weighted by Crippen LogP contribution is 2.41. The maximum Gasteiger partial charge on any atom is 0.290 e. The summed E-state index contributed by atoms with van der Waals surface area (Å²) in [5.74, 6) is 0.827. The van der Waals surface area contributed by atoms with Gasteiger partial charge < -0.3 is 29.0 Å². The predicted octanol–water partition coefficient (Wildman–Crippen LogP) is 1.05. The van der Waals surface area contributed by atoms with Gasteiger partial charge in [-0.3, -0.25) is 4.79 Å². The second-order valence-electron chi connectivity index (χ2n) is 6.92. The lowest BCUT2D eigenvalue weighted by Gasteiger charge is -2.23. The van der Waals surface area contributed by atoms with E-state index in [2.05, 4.69) is 4.98 Å². The average Bonchev–Trinajstić information content (AvgIpc) is 3.37. The van der Waals surface area contributed by atoms with Crippen LogP contribution in [0.2, 0.25) is 0 Å². The van der Waals surface area contributed by atoms with Gasteiger partial charge in [0.2, 0.25) is 15.8 Å². The van der Waals surface area contributed by atoms with Crippen LogP contribution in [0.25, 0.3) is 11.4 Å². The van der Waals surface area contributed by atoms with Crippen LogP contribution in [-0.4, -0.2) is 86.2 Å². The van der Waals surface area contributed by atoms with E-state index in [4.69, 9.17) is 24.1 Å². The first kappa shape index (κ1) is 24.4. The van der Waals surface area contributed by atoms with Gasteiger partial charge >= 0.3 is 0 Å². The zero-order valence-corrected chi connectivity index (χ0v) is 18.6. The van der Waals surface area contributed by atoms with Crippen molar-refractivity contribution < 1.29 is 37.6 Å².